The van der Waals surface area contributed by atoms with Crippen LogP contribution in [0.25, 0.3) is 11.1 Å². The molecule has 0 saturated carbocycles. The lowest BCUT2D eigenvalue weighted by Crippen LogP contribution is -2.37. The van der Waals surface area contributed by atoms with Gasteiger partial charge in [0, 0.05) is 17.3 Å². The van der Waals surface area contributed by atoms with Crippen molar-refractivity contribution in [3.63, 3.8) is 0 Å². The Kier molecular flexibility index (Phi) is 8.76. The Balaban J connectivity index is 0.00000361. The number of carboxylic acid groups (broad SMARTS) is 1. The predicted molar refractivity (Wildman–Crippen MR) is 134 cm³/mol. The van der Waals surface area contributed by atoms with Crippen LogP contribution in [0.15, 0.2) is 72.8 Å². The summed E-state index contributed by atoms with van der Waals surface area (Å²) >= 11 is 0. The molecule has 36 heavy (non-hydrogen) atoms. The monoisotopic (exact) mass is 518 g/mol. The second-order valence-electron chi connectivity index (χ2n) is 8.57. The quantitative estimate of drug-likeness (QED) is 0.383. The van der Waals surface area contributed by atoms with Crippen LogP contribution in [0.3, 0.4) is 0 Å². The molecule has 0 aliphatic carbocycles. The highest BCUT2D eigenvalue weighted by Gasteiger charge is 2.30. The van der Waals surface area contributed by atoms with Crippen molar-refractivity contribution in [3.05, 3.63) is 89.5 Å². The minimum atomic E-state index is -4.43. The van der Waals surface area contributed by atoms with E-state index in [9.17, 15) is 27.9 Å². The van der Waals surface area contributed by atoms with E-state index in [1.165, 1.54) is 12.1 Å². The fourth-order valence-electron chi connectivity index (χ4n) is 4.49. The van der Waals surface area contributed by atoms with Gasteiger partial charge in [0.15, 0.2) is 0 Å². The Labute approximate surface area is 213 Å². The number of hydrogen-bond acceptors (Lipinski definition) is 3. The van der Waals surface area contributed by atoms with Gasteiger partial charge in [0.25, 0.3) is 5.91 Å². The minimum absolute atomic E-state index is 0. The molecule has 4 rings (SSSR count). The van der Waals surface area contributed by atoms with Gasteiger partial charge in [-0.2, -0.15) is 13.2 Å². The van der Waals surface area contributed by atoms with Crippen molar-refractivity contribution in [1.82, 2.24) is 4.90 Å². The van der Waals surface area contributed by atoms with Gasteiger partial charge in [-0.05, 0) is 66.4 Å². The van der Waals surface area contributed by atoms with Gasteiger partial charge in [0.2, 0.25) is 0 Å². The standard InChI is InChI=1S/C27H25F3N2O3.ClH/c28-27(29,30)20-12-8-18(9-13-20)22-5-1-2-6-23(22)26(35)31-21-14-10-19(11-15-21)24-7-3-4-16-32(24)17-25(33)34;/h1-2,5-6,8-15,24H,3-4,7,16-17H2,(H,31,35)(H,33,34);1H. The van der Waals surface area contributed by atoms with Crippen LogP contribution in [-0.4, -0.2) is 35.0 Å². The first-order valence-electron chi connectivity index (χ1n) is 11.4. The summed E-state index contributed by atoms with van der Waals surface area (Å²) in [6.07, 6.45) is -1.56. The number of nitrogens with one attached hydrogen (secondary N) is 1. The Bertz CT molecular complexity index is 1200. The maximum Gasteiger partial charge on any atom is 0.416 e. The maximum absolute atomic E-state index is 13.0. The lowest BCUT2D eigenvalue weighted by atomic mass is 9.95. The van der Waals surface area contributed by atoms with E-state index in [0.29, 0.717) is 22.4 Å². The van der Waals surface area contributed by atoms with Crippen LogP contribution in [-0.2, 0) is 11.0 Å². The Morgan fingerprint density at radius 3 is 2.25 bits per heavy atom. The number of rotatable bonds is 6. The van der Waals surface area contributed by atoms with E-state index in [0.717, 1.165) is 43.5 Å². The average Bonchev–Trinajstić information content (AvgIpc) is 2.84. The molecule has 1 amide bonds. The Morgan fingerprint density at radius 1 is 0.944 bits per heavy atom. The summed E-state index contributed by atoms with van der Waals surface area (Å²) < 4.78 is 38.7. The summed E-state index contributed by atoms with van der Waals surface area (Å²) in [7, 11) is 0. The first kappa shape index (κ1) is 27.2. The van der Waals surface area contributed by atoms with Gasteiger partial charge in [-0.25, -0.2) is 0 Å². The number of halogens is 4. The highest BCUT2D eigenvalue weighted by Crippen LogP contribution is 2.33. The summed E-state index contributed by atoms with van der Waals surface area (Å²) in [5, 5.41) is 12.0. The number of benzene rings is 3. The molecule has 3 aromatic carbocycles. The molecule has 5 nitrogen and oxygen atoms in total. The molecule has 3 aromatic rings. The van der Waals surface area contributed by atoms with Crippen LogP contribution in [0.1, 0.15) is 46.8 Å². The molecule has 0 bridgehead atoms. The van der Waals surface area contributed by atoms with E-state index in [-0.39, 0.29) is 30.9 Å². The highest BCUT2D eigenvalue weighted by molar-refractivity contribution is 6.08. The highest BCUT2D eigenvalue weighted by atomic mass is 35.5. The molecule has 190 valence electrons. The minimum Gasteiger partial charge on any atom is -0.480 e. The van der Waals surface area contributed by atoms with E-state index >= 15 is 0 Å². The average molecular weight is 519 g/mol. The number of piperidine rings is 1. The molecule has 1 fully saturated rings. The Hall–Kier alpha value is -3.36. The van der Waals surface area contributed by atoms with Gasteiger partial charge in [-0.3, -0.25) is 14.5 Å². The van der Waals surface area contributed by atoms with E-state index in [2.05, 4.69) is 5.32 Å². The van der Waals surface area contributed by atoms with Crippen molar-refractivity contribution in [2.45, 2.75) is 31.5 Å². The van der Waals surface area contributed by atoms with E-state index in [1.54, 1.807) is 36.4 Å². The van der Waals surface area contributed by atoms with Crippen LogP contribution < -0.4 is 5.32 Å². The third-order valence-electron chi connectivity index (χ3n) is 6.20. The molecule has 1 aliphatic rings. The van der Waals surface area contributed by atoms with Crippen molar-refractivity contribution in [3.8, 4) is 11.1 Å². The van der Waals surface area contributed by atoms with Gasteiger partial charge in [0.1, 0.15) is 0 Å². The summed E-state index contributed by atoms with van der Waals surface area (Å²) in [5.74, 6) is -1.23. The van der Waals surface area contributed by atoms with Gasteiger partial charge in [-0.1, -0.05) is 48.9 Å². The summed E-state index contributed by atoms with van der Waals surface area (Å²) in [6, 6.07) is 18.8. The smallest absolute Gasteiger partial charge is 0.416 e. The molecule has 9 heteroatoms. The van der Waals surface area contributed by atoms with E-state index < -0.39 is 17.7 Å². The van der Waals surface area contributed by atoms with Crippen LogP contribution in [0.5, 0.6) is 0 Å². The third-order valence-corrected chi connectivity index (χ3v) is 6.20. The van der Waals surface area contributed by atoms with Crippen LogP contribution in [0.2, 0.25) is 0 Å². The van der Waals surface area contributed by atoms with E-state index in [1.807, 2.05) is 17.0 Å². The molecule has 1 unspecified atom stereocenters. The first-order valence-corrected chi connectivity index (χ1v) is 11.4. The fraction of sp³-hybridized carbons (Fsp3) is 0.259. The normalized spacial score (nSPS) is 16.1. The number of alkyl halides is 3. The maximum atomic E-state index is 13.0. The molecule has 1 atom stereocenters. The van der Waals surface area contributed by atoms with Crippen molar-refractivity contribution in [2.24, 2.45) is 0 Å². The molecular formula is C27H26ClF3N2O3. The molecular weight excluding hydrogens is 493 g/mol. The zero-order valence-electron chi connectivity index (χ0n) is 19.3. The van der Waals surface area contributed by atoms with Gasteiger partial charge >= 0.3 is 12.1 Å². The summed E-state index contributed by atoms with van der Waals surface area (Å²) in [6.45, 7) is 0.722. The van der Waals surface area contributed by atoms with Crippen LogP contribution >= 0.6 is 12.4 Å². The number of anilines is 1. The largest absolute Gasteiger partial charge is 0.480 e. The molecule has 0 radical (unpaired) electrons. The second-order valence-corrected chi connectivity index (χ2v) is 8.57. The van der Waals surface area contributed by atoms with Crippen molar-refractivity contribution >= 4 is 30.0 Å². The SMILES string of the molecule is Cl.O=C(O)CN1CCCCC1c1ccc(NC(=O)c2ccccc2-c2ccc(C(F)(F)F)cc2)cc1. The van der Waals surface area contributed by atoms with Crippen molar-refractivity contribution in [1.29, 1.82) is 0 Å². The molecule has 0 spiro atoms. The number of carboxylic acids is 1. The van der Waals surface area contributed by atoms with Gasteiger partial charge in [-0.15, -0.1) is 12.4 Å². The number of hydrogen-bond donors (Lipinski definition) is 2. The molecule has 1 saturated heterocycles. The van der Waals surface area contributed by atoms with Gasteiger partial charge < -0.3 is 10.4 Å². The number of carbonyl (C=O) groups is 2. The summed E-state index contributed by atoms with van der Waals surface area (Å²) in [4.78, 5) is 26.2. The lowest BCUT2D eigenvalue weighted by Gasteiger charge is -2.34. The third kappa shape index (κ3) is 6.44. The van der Waals surface area contributed by atoms with Gasteiger partial charge in [0.05, 0.1) is 12.1 Å². The molecule has 2 N–H and O–H groups in total. The Morgan fingerprint density at radius 2 is 1.61 bits per heavy atom. The topological polar surface area (TPSA) is 69.6 Å². The predicted octanol–water partition coefficient (Wildman–Crippen LogP) is 6.66. The molecule has 0 aromatic heterocycles. The second kappa shape index (κ2) is 11.6. The van der Waals surface area contributed by atoms with Crippen molar-refractivity contribution in [2.75, 3.05) is 18.4 Å². The number of amides is 1. The van der Waals surface area contributed by atoms with Crippen LogP contribution in [0, 0.1) is 0 Å². The number of likely N-dealkylation sites (tertiary alicyclic amines) is 1. The number of aliphatic carboxylic acids is 1. The van der Waals surface area contributed by atoms with E-state index in [4.69, 9.17) is 0 Å². The zero-order chi connectivity index (χ0) is 25.0. The number of carbonyl (C=O) groups excluding carboxylic acids is 1. The lowest BCUT2D eigenvalue weighted by molar-refractivity contribution is -0.139. The number of nitrogens with zero attached hydrogens (tertiary/aromatic N) is 1. The van der Waals surface area contributed by atoms with Crippen LogP contribution in [0.4, 0.5) is 18.9 Å². The summed E-state index contributed by atoms with van der Waals surface area (Å²) in [5.41, 5.74) is 2.20. The van der Waals surface area contributed by atoms with Crippen molar-refractivity contribution < 1.29 is 27.9 Å². The molecule has 1 aliphatic heterocycles. The molecule has 1 heterocycles. The first-order chi connectivity index (χ1) is 16.7. The zero-order valence-corrected chi connectivity index (χ0v) is 20.1. The fourth-order valence-corrected chi connectivity index (χ4v) is 4.49.